The number of halogens is 1. The van der Waals surface area contributed by atoms with E-state index in [4.69, 9.17) is 0 Å². The summed E-state index contributed by atoms with van der Waals surface area (Å²) in [4.78, 5) is 11.5. The van der Waals surface area contributed by atoms with Crippen LogP contribution in [0.15, 0.2) is 36.9 Å². The molecule has 0 spiro atoms. The monoisotopic (exact) mass is 236 g/mol. The van der Waals surface area contributed by atoms with Crippen LogP contribution < -0.4 is 10.6 Å². The molecular formula is C13H17FN2O. The average molecular weight is 236 g/mol. The molecule has 1 amide bonds. The van der Waals surface area contributed by atoms with Crippen molar-refractivity contribution >= 4 is 5.91 Å². The third kappa shape index (κ3) is 4.78. The highest BCUT2D eigenvalue weighted by Crippen LogP contribution is 2.12. The van der Waals surface area contributed by atoms with Gasteiger partial charge in [-0.25, -0.2) is 4.39 Å². The lowest BCUT2D eigenvalue weighted by Crippen LogP contribution is -2.35. The highest BCUT2D eigenvalue weighted by molar-refractivity contribution is 5.78. The minimum atomic E-state index is -0.278. The molecule has 0 aliphatic carbocycles. The summed E-state index contributed by atoms with van der Waals surface area (Å²) in [5, 5.41) is 5.73. The van der Waals surface area contributed by atoms with Gasteiger partial charge in [0.25, 0.3) is 0 Å². The maximum atomic E-state index is 12.7. The summed E-state index contributed by atoms with van der Waals surface area (Å²) < 4.78 is 12.7. The first-order valence-electron chi connectivity index (χ1n) is 5.50. The van der Waals surface area contributed by atoms with Crippen molar-refractivity contribution in [3.8, 4) is 0 Å². The zero-order valence-electron chi connectivity index (χ0n) is 9.87. The molecule has 1 unspecified atom stereocenters. The molecular weight excluding hydrogens is 219 g/mol. The van der Waals surface area contributed by atoms with Gasteiger partial charge in [0.2, 0.25) is 5.91 Å². The van der Waals surface area contributed by atoms with Crippen molar-refractivity contribution in [1.82, 2.24) is 10.6 Å². The van der Waals surface area contributed by atoms with E-state index >= 15 is 0 Å². The minimum Gasteiger partial charge on any atom is -0.348 e. The Labute approximate surface area is 101 Å². The molecule has 1 aromatic carbocycles. The fourth-order valence-electron chi connectivity index (χ4n) is 1.42. The maximum Gasteiger partial charge on any atom is 0.234 e. The molecule has 4 heteroatoms. The lowest BCUT2D eigenvalue weighted by molar-refractivity contribution is -0.120. The molecule has 0 fully saturated rings. The van der Waals surface area contributed by atoms with Gasteiger partial charge in [-0.1, -0.05) is 18.2 Å². The van der Waals surface area contributed by atoms with Crippen LogP contribution in [0.3, 0.4) is 0 Å². The second-order valence-electron chi connectivity index (χ2n) is 3.76. The Morgan fingerprint density at radius 3 is 2.71 bits per heavy atom. The number of carbonyl (C=O) groups excluding carboxylic acids is 1. The van der Waals surface area contributed by atoms with Crippen LogP contribution in [-0.2, 0) is 4.79 Å². The number of benzene rings is 1. The third-order valence-corrected chi connectivity index (χ3v) is 2.32. The summed E-state index contributed by atoms with van der Waals surface area (Å²) in [6.07, 6.45) is 1.69. The van der Waals surface area contributed by atoms with Gasteiger partial charge in [0.15, 0.2) is 0 Å². The summed E-state index contributed by atoms with van der Waals surface area (Å²) in [5.74, 6) is -0.372. The first kappa shape index (κ1) is 13.4. The fraction of sp³-hybridized carbons (Fsp3) is 0.308. The standard InChI is InChI=1S/C13H17FN2O/c1-3-8-15-9-13(17)16-10(2)11-4-6-12(14)7-5-11/h3-7,10,15H,1,8-9H2,2H3,(H,16,17). The third-order valence-electron chi connectivity index (χ3n) is 2.32. The number of amides is 1. The van der Waals surface area contributed by atoms with Crippen molar-refractivity contribution in [3.05, 3.63) is 48.3 Å². The predicted octanol–water partition coefficient (Wildman–Crippen LogP) is 1.78. The van der Waals surface area contributed by atoms with Crippen LogP contribution in [0.2, 0.25) is 0 Å². The zero-order chi connectivity index (χ0) is 12.7. The number of nitrogens with one attached hydrogen (secondary N) is 2. The number of rotatable bonds is 6. The molecule has 3 nitrogen and oxygen atoms in total. The Balaban J connectivity index is 2.42. The Bertz CT molecular complexity index is 376. The van der Waals surface area contributed by atoms with E-state index in [1.807, 2.05) is 6.92 Å². The van der Waals surface area contributed by atoms with Gasteiger partial charge in [-0.3, -0.25) is 4.79 Å². The van der Waals surface area contributed by atoms with Gasteiger partial charge >= 0.3 is 0 Å². The molecule has 1 aromatic rings. The SMILES string of the molecule is C=CCNCC(=O)NC(C)c1ccc(F)cc1. The highest BCUT2D eigenvalue weighted by Gasteiger charge is 2.08. The second kappa shape index (κ2) is 6.81. The lowest BCUT2D eigenvalue weighted by Gasteiger charge is -2.14. The number of hydrogen-bond acceptors (Lipinski definition) is 2. The molecule has 0 aromatic heterocycles. The average Bonchev–Trinajstić information content (AvgIpc) is 2.30. The van der Waals surface area contributed by atoms with Crippen molar-refractivity contribution in [2.45, 2.75) is 13.0 Å². The van der Waals surface area contributed by atoms with E-state index in [0.29, 0.717) is 6.54 Å². The van der Waals surface area contributed by atoms with E-state index in [1.54, 1.807) is 18.2 Å². The summed E-state index contributed by atoms with van der Waals surface area (Å²) >= 11 is 0. The summed E-state index contributed by atoms with van der Waals surface area (Å²) in [6, 6.07) is 5.96. The van der Waals surface area contributed by atoms with Gasteiger partial charge in [-0.05, 0) is 24.6 Å². The van der Waals surface area contributed by atoms with Crippen LogP contribution in [-0.4, -0.2) is 19.0 Å². The van der Waals surface area contributed by atoms with Crippen molar-refractivity contribution < 1.29 is 9.18 Å². The topological polar surface area (TPSA) is 41.1 Å². The Hall–Kier alpha value is -1.68. The van der Waals surface area contributed by atoms with Crippen molar-refractivity contribution in [2.24, 2.45) is 0 Å². The zero-order valence-corrected chi connectivity index (χ0v) is 9.87. The summed E-state index contributed by atoms with van der Waals surface area (Å²) in [6.45, 7) is 6.25. The van der Waals surface area contributed by atoms with Gasteiger partial charge in [-0.15, -0.1) is 6.58 Å². The first-order valence-corrected chi connectivity index (χ1v) is 5.50. The lowest BCUT2D eigenvalue weighted by atomic mass is 10.1. The van der Waals surface area contributed by atoms with Crippen LogP contribution in [0.4, 0.5) is 4.39 Å². The maximum absolute atomic E-state index is 12.7. The Morgan fingerprint density at radius 1 is 1.47 bits per heavy atom. The normalized spacial score (nSPS) is 11.9. The molecule has 0 saturated carbocycles. The molecule has 0 saturated heterocycles. The highest BCUT2D eigenvalue weighted by atomic mass is 19.1. The van der Waals surface area contributed by atoms with E-state index in [2.05, 4.69) is 17.2 Å². The molecule has 17 heavy (non-hydrogen) atoms. The summed E-state index contributed by atoms with van der Waals surface area (Å²) in [5.41, 5.74) is 0.878. The smallest absolute Gasteiger partial charge is 0.234 e. The molecule has 0 bridgehead atoms. The van der Waals surface area contributed by atoms with Crippen LogP contribution in [0.25, 0.3) is 0 Å². The largest absolute Gasteiger partial charge is 0.348 e. The Kier molecular flexibility index (Phi) is 5.36. The Morgan fingerprint density at radius 2 is 2.12 bits per heavy atom. The van der Waals surface area contributed by atoms with Gasteiger partial charge < -0.3 is 10.6 Å². The fourth-order valence-corrected chi connectivity index (χ4v) is 1.42. The van der Waals surface area contributed by atoms with Gasteiger partial charge in [0.1, 0.15) is 5.82 Å². The van der Waals surface area contributed by atoms with E-state index < -0.39 is 0 Å². The van der Waals surface area contributed by atoms with Gasteiger partial charge in [0, 0.05) is 6.54 Å². The predicted molar refractivity (Wildman–Crippen MR) is 66.0 cm³/mol. The molecule has 0 aliphatic heterocycles. The number of hydrogen-bond donors (Lipinski definition) is 2. The molecule has 2 N–H and O–H groups in total. The van der Waals surface area contributed by atoms with Crippen LogP contribution >= 0.6 is 0 Å². The van der Waals surface area contributed by atoms with Crippen LogP contribution in [0.1, 0.15) is 18.5 Å². The molecule has 0 aliphatic rings. The summed E-state index contributed by atoms with van der Waals surface area (Å²) in [7, 11) is 0. The van der Waals surface area contributed by atoms with Gasteiger partial charge in [-0.2, -0.15) is 0 Å². The van der Waals surface area contributed by atoms with Crippen molar-refractivity contribution in [1.29, 1.82) is 0 Å². The molecule has 0 heterocycles. The minimum absolute atomic E-state index is 0.0938. The van der Waals surface area contributed by atoms with E-state index in [0.717, 1.165) is 5.56 Å². The molecule has 0 radical (unpaired) electrons. The molecule has 1 atom stereocenters. The van der Waals surface area contributed by atoms with E-state index in [1.165, 1.54) is 12.1 Å². The molecule has 1 rings (SSSR count). The second-order valence-corrected chi connectivity index (χ2v) is 3.76. The molecule has 92 valence electrons. The van der Waals surface area contributed by atoms with E-state index in [-0.39, 0.29) is 24.3 Å². The quantitative estimate of drug-likeness (QED) is 0.584. The van der Waals surface area contributed by atoms with Gasteiger partial charge in [0.05, 0.1) is 12.6 Å². The van der Waals surface area contributed by atoms with Crippen molar-refractivity contribution in [2.75, 3.05) is 13.1 Å². The number of carbonyl (C=O) groups is 1. The van der Waals surface area contributed by atoms with Crippen LogP contribution in [0, 0.1) is 5.82 Å². The van der Waals surface area contributed by atoms with Crippen LogP contribution in [0.5, 0.6) is 0 Å². The van der Waals surface area contributed by atoms with E-state index in [9.17, 15) is 9.18 Å². The first-order chi connectivity index (χ1) is 8.13. The van der Waals surface area contributed by atoms with Crippen molar-refractivity contribution in [3.63, 3.8) is 0 Å².